The minimum atomic E-state index is -4.31. The molecule has 0 bridgehead atoms. The molecule has 0 saturated heterocycles. The fraction of sp³-hybridized carbons (Fsp3) is 0.600. The predicted molar refractivity (Wildman–Crippen MR) is 76.6 cm³/mol. The van der Waals surface area contributed by atoms with E-state index in [0.29, 0.717) is 16.9 Å². The van der Waals surface area contributed by atoms with Gasteiger partial charge < -0.3 is 5.32 Å². The summed E-state index contributed by atoms with van der Waals surface area (Å²) in [6.45, 7) is 0.662. The van der Waals surface area contributed by atoms with Crippen LogP contribution in [0.2, 0.25) is 0 Å². The molecular formula is C15H17BrF3N. The van der Waals surface area contributed by atoms with Gasteiger partial charge in [0.2, 0.25) is 0 Å². The SMILES string of the molecule is FC(F)(F)c1ccc(Br)cc1NCC(C1CC1)C1CC1. The van der Waals surface area contributed by atoms with Crippen molar-refractivity contribution in [3.63, 3.8) is 0 Å². The molecule has 2 aliphatic carbocycles. The number of rotatable bonds is 5. The van der Waals surface area contributed by atoms with E-state index in [1.807, 2.05) is 0 Å². The molecule has 110 valence electrons. The molecule has 0 atom stereocenters. The molecule has 2 aliphatic rings. The van der Waals surface area contributed by atoms with Crippen LogP contribution in [0.3, 0.4) is 0 Å². The molecule has 0 amide bonds. The van der Waals surface area contributed by atoms with Gasteiger partial charge in [-0.05, 0) is 61.6 Å². The van der Waals surface area contributed by atoms with Crippen LogP contribution in [0, 0.1) is 17.8 Å². The highest BCUT2D eigenvalue weighted by Crippen LogP contribution is 2.49. The molecule has 3 rings (SSSR count). The largest absolute Gasteiger partial charge is 0.418 e. The smallest absolute Gasteiger partial charge is 0.384 e. The van der Waals surface area contributed by atoms with E-state index in [1.54, 1.807) is 0 Å². The first-order chi connectivity index (χ1) is 9.45. The Morgan fingerprint density at radius 3 is 2.25 bits per heavy atom. The van der Waals surface area contributed by atoms with Crippen molar-refractivity contribution in [2.24, 2.45) is 17.8 Å². The van der Waals surface area contributed by atoms with Crippen molar-refractivity contribution >= 4 is 21.6 Å². The third-order valence-corrected chi connectivity index (χ3v) is 4.76. The molecule has 2 fully saturated rings. The van der Waals surface area contributed by atoms with Crippen molar-refractivity contribution in [3.05, 3.63) is 28.2 Å². The maximum absolute atomic E-state index is 13.0. The molecule has 5 heteroatoms. The molecule has 1 aromatic carbocycles. The van der Waals surface area contributed by atoms with Gasteiger partial charge in [-0.3, -0.25) is 0 Å². The van der Waals surface area contributed by atoms with Crippen molar-refractivity contribution in [2.75, 3.05) is 11.9 Å². The Bertz CT molecular complexity index is 480. The molecule has 0 spiro atoms. The summed E-state index contributed by atoms with van der Waals surface area (Å²) >= 11 is 3.25. The summed E-state index contributed by atoms with van der Waals surface area (Å²) in [5.74, 6) is 2.02. The molecule has 0 aliphatic heterocycles. The monoisotopic (exact) mass is 347 g/mol. The minimum Gasteiger partial charge on any atom is -0.384 e. The van der Waals surface area contributed by atoms with Crippen LogP contribution < -0.4 is 5.32 Å². The van der Waals surface area contributed by atoms with E-state index >= 15 is 0 Å². The summed E-state index contributed by atoms with van der Waals surface area (Å²) in [7, 11) is 0. The first kappa shape index (κ1) is 14.2. The van der Waals surface area contributed by atoms with Gasteiger partial charge in [0.15, 0.2) is 0 Å². The summed E-state index contributed by atoms with van der Waals surface area (Å²) in [5, 5.41) is 3.05. The van der Waals surface area contributed by atoms with Gasteiger partial charge in [0.25, 0.3) is 0 Å². The normalized spacial score (nSPS) is 19.4. The summed E-state index contributed by atoms with van der Waals surface area (Å²) in [6.07, 6.45) is 0.666. The zero-order valence-electron chi connectivity index (χ0n) is 11.0. The average molecular weight is 348 g/mol. The second kappa shape index (κ2) is 5.24. The first-order valence-corrected chi connectivity index (χ1v) is 7.85. The zero-order valence-corrected chi connectivity index (χ0v) is 12.6. The lowest BCUT2D eigenvalue weighted by Gasteiger charge is -2.20. The van der Waals surface area contributed by atoms with Crippen molar-refractivity contribution in [1.82, 2.24) is 0 Å². The van der Waals surface area contributed by atoms with Crippen molar-refractivity contribution in [2.45, 2.75) is 31.9 Å². The van der Waals surface area contributed by atoms with E-state index in [9.17, 15) is 13.2 Å². The first-order valence-electron chi connectivity index (χ1n) is 7.06. The van der Waals surface area contributed by atoms with E-state index < -0.39 is 11.7 Å². The highest BCUT2D eigenvalue weighted by molar-refractivity contribution is 9.10. The van der Waals surface area contributed by atoms with Crippen LogP contribution >= 0.6 is 15.9 Å². The van der Waals surface area contributed by atoms with E-state index in [-0.39, 0.29) is 5.69 Å². The van der Waals surface area contributed by atoms with Gasteiger partial charge in [-0.2, -0.15) is 13.2 Å². The molecule has 0 heterocycles. The van der Waals surface area contributed by atoms with Crippen LogP contribution in [0.5, 0.6) is 0 Å². The van der Waals surface area contributed by atoms with Gasteiger partial charge in [0.1, 0.15) is 0 Å². The van der Waals surface area contributed by atoms with Gasteiger partial charge in [0, 0.05) is 16.7 Å². The Morgan fingerprint density at radius 2 is 1.75 bits per heavy atom. The average Bonchev–Trinajstić information content (AvgIpc) is 3.23. The molecule has 0 aromatic heterocycles. The van der Waals surface area contributed by atoms with Crippen molar-refractivity contribution in [3.8, 4) is 0 Å². The minimum absolute atomic E-state index is 0.193. The van der Waals surface area contributed by atoms with E-state index in [4.69, 9.17) is 0 Å². The van der Waals surface area contributed by atoms with Crippen LogP contribution in [-0.4, -0.2) is 6.54 Å². The third-order valence-electron chi connectivity index (χ3n) is 4.27. The van der Waals surface area contributed by atoms with Crippen LogP contribution in [0.25, 0.3) is 0 Å². The maximum Gasteiger partial charge on any atom is 0.418 e. The van der Waals surface area contributed by atoms with E-state index in [1.165, 1.54) is 37.8 Å². The fourth-order valence-corrected chi connectivity index (χ4v) is 3.27. The molecule has 1 nitrogen and oxygen atoms in total. The Morgan fingerprint density at radius 1 is 1.15 bits per heavy atom. The number of anilines is 1. The molecule has 1 N–H and O–H groups in total. The third kappa shape index (κ3) is 3.30. The van der Waals surface area contributed by atoms with E-state index in [0.717, 1.165) is 17.9 Å². The van der Waals surface area contributed by atoms with Gasteiger partial charge in [0.05, 0.1) is 5.56 Å². The number of hydrogen-bond acceptors (Lipinski definition) is 1. The molecule has 2 saturated carbocycles. The molecule has 1 aromatic rings. The topological polar surface area (TPSA) is 12.0 Å². The summed E-state index contributed by atoms with van der Waals surface area (Å²) in [5.41, 5.74) is -0.385. The Kier molecular flexibility index (Phi) is 3.73. The van der Waals surface area contributed by atoms with Crippen molar-refractivity contribution in [1.29, 1.82) is 0 Å². The Balaban J connectivity index is 1.73. The lowest BCUT2D eigenvalue weighted by atomic mass is 9.97. The van der Waals surface area contributed by atoms with Crippen LogP contribution in [0.4, 0.5) is 18.9 Å². The van der Waals surface area contributed by atoms with Gasteiger partial charge >= 0.3 is 6.18 Å². The maximum atomic E-state index is 13.0. The Hall–Kier alpha value is -0.710. The van der Waals surface area contributed by atoms with Crippen LogP contribution in [0.1, 0.15) is 31.2 Å². The number of nitrogens with one attached hydrogen (secondary N) is 1. The standard InChI is InChI=1S/C15H17BrF3N/c16-11-5-6-13(15(17,18)19)14(7-11)20-8-12(9-1-2-9)10-3-4-10/h5-7,9-10,12,20H,1-4,8H2. The van der Waals surface area contributed by atoms with E-state index in [2.05, 4.69) is 21.2 Å². The number of halogens is 4. The predicted octanol–water partition coefficient (Wildman–Crippen LogP) is 5.32. The summed E-state index contributed by atoms with van der Waals surface area (Å²) < 4.78 is 39.6. The quantitative estimate of drug-likeness (QED) is 0.760. The highest BCUT2D eigenvalue weighted by Gasteiger charge is 2.41. The number of benzene rings is 1. The molecular weight excluding hydrogens is 331 g/mol. The number of alkyl halides is 3. The van der Waals surface area contributed by atoms with Crippen LogP contribution in [-0.2, 0) is 6.18 Å². The lowest BCUT2D eigenvalue weighted by molar-refractivity contribution is -0.137. The van der Waals surface area contributed by atoms with Gasteiger partial charge in [-0.25, -0.2) is 0 Å². The zero-order chi connectivity index (χ0) is 14.3. The van der Waals surface area contributed by atoms with Gasteiger partial charge in [-0.15, -0.1) is 0 Å². The molecule has 20 heavy (non-hydrogen) atoms. The Labute approximate surface area is 125 Å². The number of hydrogen-bond donors (Lipinski definition) is 1. The van der Waals surface area contributed by atoms with Crippen molar-refractivity contribution < 1.29 is 13.2 Å². The highest BCUT2D eigenvalue weighted by atomic mass is 79.9. The van der Waals surface area contributed by atoms with Crippen LogP contribution in [0.15, 0.2) is 22.7 Å². The van der Waals surface area contributed by atoms with Gasteiger partial charge in [-0.1, -0.05) is 15.9 Å². The molecule has 0 unspecified atom stereocenters. The summed E-state index contributed by atoms with van der Waals surface area (Å²) in [4.78, 5) is 0. The summed E-state index contributed by atoms with van der Waals surface area (Å²) in [6, 6.07) is 4.10. The second-order valence-corrected chi connectivity index (χ2v) is 6.82. The fourth-order valence-electron chi connectivity index (χ4n) is 2.90. The second-order valence-electron chi connectivity index (χ2n) is 5.91. The lowest BCUT2D eigenvalue weighted by Crippen LogP contribution is -2.20. The molecule has 0 radical (unpaired) electrons.